The molecule has 2 nitrogen and oxygen atoms in total. The number of nitrogens with one attached hydrogen (secondary N) is 1. The monoisotopic (exact) mass is 266 g/mol. The molecule has 2 rings (SSSR count). The first-order valence-corrected chi connectivity index (χ1v) is 7.78. The van der Waals surface area contributed by atoms with E-state index in [1.807, 2.05) is 11.3 Å². The van der Waals surface area contributed by atoms with Crippen LogP contribution in [-0.2, 0) is 12.0 Å². The molecule has 1 unspecified atom stereocenters. The molecule has 1 aromatic heterocycles. The van der Waals surface area contributed by atoms with Crippen molar-refractivity contribution in [2.75, 3.05) is 20.1 Å². The fourth-order valence-electron chi connectivity index (χ4n) is 2.45. The van der Waals surface area contributed by atoms with Crippen molar-refractivity contribution in [1.29, 1.82) is 0 Å². The summed E-state index contributed by atoms with van der Waals surface area (Å²) in [5.74, 6) is 0. The van der Waals surface area contributed by atoms with Crippen LogP contribution < -0.4 is 5.32 Å². The highest BCUT2D eigenvalue weighted by molar-refractivity contribution is 7.12. The molecule has 0 spiro atoms. The largest absolute Gasteiger partial charge is 0.315 e. The molecular weight excluding hydrogens is 240 g/mol. The molecule has 18 heavy (non-hydrogen) atoms. The highest BCUT2D eigenvalue weighted by atomic mass is 32.1. The van der Waals surface area contributed by atoms with Gasteiger partial charge in [-0.3, -0.25) is 4.90 Å². The maximum atomic E-state index is 3.49. The van der Waals surface area contributed by atoms with Gasteiger partial charge in [0.15, 0.2) is 0 Å². The molecule has 1 aliphatic heterocycles. The van der Waals surface area contributed by atoms with Gasteiger partial charge in [0.05, 0.1) is 0 Å². The van der Waals surface area contributed by atoms with Gasteiger partial charge in [-0.15, -0.1) is 11.3 Å². The second-order valence-corrected chi connectivity index (χ2v) is 7.60. The first kappa shape index (κ1) is 14.0. The van der Waals surface area contributed by atoms with Crippen LogP contribution in [0.4, 0.5) is 0 Å². The third-order valence-electron chi connectivity index (χ3n) is 3.70. The van der Waals surface area contributed by atoms with Crippen LogP contribution in [0.3, 0.4) is 0 Å². The lowest BCUT2D eigenvalue weighted by Gasteiger charge is -2.31. The predicted octanol–water partition coefficient (Wildman–Crippen LogP) is 3.23. The molecule has 0 radical (unpaired) electrons. The van der Waals surface area contributed by atoms with Gasteiger partial charge < -0.3 is 5.32 Å². The molecule has 0 aliphatic carbocycles. The average molecular weight is 266 g/mol. The van der Waals surface area contributed by atoms with Crippen LogP contribution in [0.2, 0.25) is 0 Å². The van der Waals surface area contributed by atoms with Crippen LogP contribution in [0.5, 0.6) is 0 Å². The molecule has 102 valence electrons. The molecule has 0 saturated carbocycles. The highest BCUT2D eigenvalue weighted by Gasteiger charge is 2.20. The Morgan fingerprint density at radius 2 is 2.17 bits per heavy atom. The highest BCUT2D eigenvalue weighted by Crippen LogP contribution is 2.30. The summed E-state index contributed by atoms with van der Waals surface area (Å²) in [6.45, 7) is 10.3. The Morgan fingerprint density at radius 1 is 1.39 bits per heavy atom. The Kier molecular flexibility index (Phi) is 4.46. The molecule has 1 saturated heterocycles. The van der Waals surface area contributed by atoms with Gasteiger partial charge in [0.25, 0.3) is 0 Å². The first-order valence-electron chi connectivity index (χ1n) is 6.97. The first-order chi connectivity index (χ1) is 8.47. The molecule has 1 aromatic rings. The summed E-state index contributed by atoms with van der Waals surface area (Å²) in [6.07, 6.45) is 2.65. The molecule has 0 amide bonds. The number of hydrogen-bond acceptors (Lipinski definition) is 3. The van der Waals surface area contributed by atoms with Gasteiger partial charge in [0.1, 0.15) is 0 Å². The summed E-state index contributed by atoms with van der Waals surface area (Å²) in [7, 11) is 2.26. The van der Waals surface area contributed by atoms with E-state index >= 15 is 0 Å². The fourth-order valence-corrected chi connectivity index (χ4v) is 3.58. The van der Waals surface area contributed by atoms with Gasteiger partial charge in [-0.2, -0.15) is 0 Å². The minimum atomic E-state index is 0.286. The molecule has 1 aliphatic rings. The van der Waals surface area contributed by atoms with Crippen LogP contribution >= 0.6 is 11.3 Å². The van der Waals surface area contributed by atoms with E-state index in [-0.39, 0.29) is 5.41 Å². The third kappa shape index (κ3) is 3.56. The van der Waals surface area contributed by atoms with Crippen LogP contribution in [0, 0.1) is 0 Å². The SMILES string of the molecule is CN(Cc1ccc(C(C)(C)C)s1)C1CCCNC1. The molecule has 1 atom stereocenters. The molecule has 3 heteroatoms. The summed E-state index contributed by atoms with van der Waals surface area (Å²) in [5, 5.41) is 3.49. The van der Waals surface area contributed by atoms with Crippen molar-refractivity contribution in [3.05, 3.63) is 21.9 Å². The van der Waals surface area contributed by atoms with Gasteiger partial charge >= 0.3 is 0 Å². The number of rotatable bonds is 3. The van der Waals surface area contributed by atoms with Crippen molar-refractivity contribution in [1.82, 2.24) is 10.2 Å². The van der Waals surface area contributed by atoms with E-state index in [0.717, 1.165) is 13.1 Å². The van der Waals surface area contributed by atoms with Gasteiger partial charge in [0, 0.05) is 28.9 Å². The summed E-state index contributed by atoms with van der Waals surface area (Å²) in [5.41, 5.74) is 0.286. The van der Waals surface area contributed by atoms with Crippen LogP contribution in [0.1, 0.15) is 43.4 Å². The molecular formula is C15H26N2S. The number of hydrogen-bond donors (Lipinski definition) is 1. The maximum Gasteiger partial charge on any atom is 0.0328 e. The lowest BCUT2D eigenvalue weighted by molar-refractivity contribution is 0.197. The minimum absolute atomic E-state index is 0.286. The maximum absolute atomic E-state index is 3.49. The van der Waals surface area contributed by atoms with E-state index in [4.69, 9.17) is 0 Å². The summed E-state index contributed by atoms with van der Waals surface area (Å²) in [6, 6.07) is 5.31. The summed E-state index contributed by atoms with van der Waals surface area (Å²) in [4.78, 5) is 5.49. The van der Waals surface area contributed by atoms with Gasteiger partial charge in [0.2, 0.25) is 0 Å². The Hall–Kier alpha value is -0.380. The van der Waals surface area contributed by atoms with Crippen molar-refractivity contribution in [2.24, 2.45) is 0 Å². The Bertz CT molecular complexity index is 372. The number of thiophene rings is 1. The molecule has 1 fully saturated rings. The standard InChI is InChI=1S/C15H26N2S/c1-15(2,3)14-8-7-13(18-14)11-17(4)12-6-5-9-16-10-12/h7-8,12,16H,5-6,9-11H2,1-4H3. The Labute approximate surface area is 115 Å². The minimum Gasteiger partial charge on any atom is -0.315 e. The van der Waals surface area contributed by atoms with Crippen molar-refractivity contribution in [3.8, 4) is 0 Å². The van der Waals surface area contributed by atoms with Crippen LogP contribution in [0.15, 0.2) is 12.1 Å². The van der Waals surface area contributed by atoms with E-state index < -0.39 is 0 Å². The van der Waals surface area contributed by atoms with Crippen molar-refractivity contribution < 1.29 is 0 Å². The van der Waals surface area contributed by atoms with Crippen molar-refractivity contribution >= 4 is 11.3 Å². The smallest absolute Gasteiger partial charge is 0.0328 e. The zero-order valence-corrected chi connectivity index (χ0v) is 12.9. The van der Waals surface area contributed by atoms with Gasteiger partial charge in [-0.25, -0.2) is 0 Å². The number of piperidine rings is 1. The quantitative estimate of drug-likeness (QED) is 0.903. The topological polar surface area (TPSA) is 15.3 Å². The second kappa shape index (κ2) is 5.72. The van der Waals surface area contributed by atoms with E-state index in [0.29, 0.717) is 6.04 Å². The Morgan fingerprint density at radius 3 is 2.72 bits per heavy atom. The normalized spacial score (nSPS) is 21.5. The predicted molar refractivity (Wildman–Crippen MR) is 80.4 cm³/mol. The lowest BCUT2D eigenvalue weighted by atomic mass is 9.95. The number of likely N-dealkylation sites (N-methyl/N-ethyl adjacent to an activating group) is 1. The zero-order valence-electron chi connectivity index (χ0n) is 12.1. The third-order valence-corrected chi connectivity index (χ3v) is 5.20. The van der Waals surface area contributed by atoms with E-state index in [1.54, 1.807) is 0 Å². The van der Waals surface area contributed by atoms with Crippen LogP contribution in [0.25, 0.3) is 0 Å². The van der Waals surface area contributed by atoms with E-state index in [1.165, 1.54) is 29.1 Å². The summed E-state index contributed by atoms with van der Waals surface area (Å²) < 4.78 is 0. The molecule has 2 heterocycles. The second-order valence-electron chi connectivity index (χ2n) is 6.43. The summed E-state index contributed by atoms with van der Waals surface area (Å²) >= 11 is 1.97. The zero-order chi connectivity index (χ0) is 13.2. The van der Waals surface area contributed by atoms with Gasteiger partial charge in [-0.1, -0.05) is 20.8 Å². The molecule has 0 aromatic carbocycles. The average Bonchev–Trinajstić information content (AvgIpc) is 2.78. The Balaban J connectivity index is 1.94. The van der Waals surface area contributed by atoms with Crippen LogP contribution in [-0.4, -0.2) is 31.1 Å². The van der Waals surface area contributed by atoms with E-state index in [2.05, 4.69) is 50.2 Å². The molecule has 0 bridgehead atoms. The van der Waals surface area contributed by atoms with Gasteiger partial charge in [-0.05, 0) is 44.0 Å². The number of nitrogens with zero attached hydrogens (tertiary/aromatic N) is 1. The lowest BCUT2D eigenvalue weighted by Crippen LogP contribution is -2.43. The van der Waals surface area contributed by atoms with Crippen molar-refractivity contribution in [3.63, 3.8) is 0 Å². The fraction of sp³-hybridized carbons (Fsp3) is 0.733. The van der Waals surface area contributed by atoms with Crippen molar-refractivity contribution in [2.45, 2.75) is 51.6 Å². The molecule has 1 N–H and O–H groups in total. The van der Waals surface area contributed by atoms with E-state index in [9.17, 15) is 0 Å².